The van der Waals surface area contributed by atoms with E-state index in [2.05, 4.69) is 5.32 Å². The largest absolute Gasteiger partial charge is 0.375 e. The Morgan fingerprint density at radius 2 is 2.09 bits per heavy atom. The van der Waals surface area contributed by atoms with Crippen molar-refractivity contribution in [1.82, 2.24) is 0 Å². The summed E-state index contributed by atoms with van der Waals surface area (Å²) in [4.78, 5) is 26.0. The molecule has 0 fully saturated rings. The summed E-state index contributed by atoms with van der Waals surface area (Å²) in [6, 6.07) is 6.44. The molecule has 1 amide bonds. The molecule has 3 rings (SSSR count). The molecule has 1 aromatic heterocycles. The minimum Gasteiger partial charge on any atom is -0.375 e. The van der Waals surface area contributed by atoms with Crippen LogP contribution in [0.15, 0.2) is 24.3 Å². The number of aryl methyl sites for hydroxylation is 1. The minimum atomic E-state index is -1.98. The Hall–Kier alpha value is -1.40. The molecule has 2 N–H and O–H groups in total. The number of anilines is 1. The van der Waals surface area contributed by atoms with Gasteiger partial charge in [0.1, 0.15) is 0 Å². The summed E-state index contributed by atoms with van der Waals surface area (Å²) in [5.74, 6) is -0.983. The summed E-state index contributed by atoms with van der Waals surface area (Å²) in [5.41, 5.74) is -1.45. The summed E-state index contributed by atoms with van der Waals surface area (Å²) < 4.78 is 0. The molecule has 2 aromatic rings. The van der Waals surface area contributed by atoms with Gasteiger partial charge >= 0.3 is 0 Å². The van der Waals surface area contributed by atoms with Gasteiger partial charge in [0.2, 0.25) is 0 Å². The van der Waals surface area contributed by atoms with Crippen molar-refractivity contribution in [2.75, 3.05) is 5.32 Å². The lowest BCUT2D eigenvalue weighted by Crippen LogP contribution is -2.36. The number of ketones is 1. The van der Waals surface area contributed by atoms with Crippen LogP contribution in [0.5, 0.6) is 0 Å². The molecule has 0 bridgehead atoms. The highest BCUT2D eigenvalue weighted by molar-refractivity contribution is 7.14. The SMILES string of the molecule is Cc1ccc(C(=O)C[C@]2(O)C(=O)Nc3cc(Cl)cc(Cl)c32)s1. The normalized spacial score (nSPS) is 19.9. The van der Waals surface area contributed by atoms with Crippen LogP contribution in [0.25, 0.3) is 0 Å². The topological polar surface area (TPSA) is 66.4 Å². The van der Waals surface area contributed by atoms with E-state index >= 15 is 0 Å². The standard InChI is InChI=1S/C15H11Cl2NO3S/c1-7-2-3-12(22-7)11(19)6-15(21)13-9(17)4-8(16)5-10(13)18-14(15)20/h2-5,21H,6H2,1H3,(H,18,20)/t15-/m1/s1. The van der Waals surface area contributed by atoms with Crippen molar-refractivity contribution in [3.8, 4) is 0 Å². The smallest absolute Gasteiger partial charge is 0.261 e. The van der Waals surface area contributed by atoms with Crippen LogP contribution in [0.2, 0.25) is 10.0 Å². The second kappa shape index (κ2) is 5.35. The molecule has 1 atom stereocenters. The zero-order valence-electron chi connectivity index (χ0n) is 11.4. The molecule has 1 aliphatic rings. The average molecular weight is 356 g/mol. The fourth-order valence-corrected chi connectivity index (χ4v) is 3.96. The Morgan fingerprint density at radius 3 is 2.73 bits per heavy atom. The number of thiophene rings is 1. The molecule has 0 radical (unpaired) electrons. The molecule has 0 saturated heterocycles. The van der Waals surface area contributed by atoms with Crippen molar-refractivity contribution in [3.63, 3.8) is 0 Å². The third-order valence-corrected chi connectivity index (χ3v) is 5.08. The number of Topliss-reactive ketones (excluding diaryl/α,β-unsaturated/α-hetero) is 1. The van der Waals surface area contributed by atoms with E-state index in [1.165, 1.54) is 23.5 Å². The first-order chi connectivity index (χ1) is 10.3. The van der Waals surface area contributed by atoms with Gasteiger partial charge in [-0.25, -0.2) is 0 Å². The van der Waals surface area contributed by atoms with Crippen molar-refractivity contribution >= 4 is 51.9 Å². The maximum Gasteiger partial charge on any atom is 0.261 e. The highest BCUT2D eigenvalue weighted by atomic mass is 35.5. The van der Waals surface area contributed by atoms with Gasteiger partial charge in [-0.05, 0) is 31.2 Å². The predicted molar refractivity (Wildman–Crippen MR) is 87.0 cm³/mol. The Kier molecular flexibility index (Phi) is 3.77. The molecule has 0 saturated carbocycles. The van der Waals surface area contributed by atoms with Crippen LogP contribution < -0.4 is 5.32 Å². The van der Waals surface area contributed by atoms with Crippen molar-refractivity contribution in [1.29, 1.82) is 0 Å². The number of aliphatic hydroxyl groups is 1. The van der Waals surface area contributed by atoms with E-state index < -0.39 is 11.5 Å². The summed E-state index contributed by atoms with van der Waals surface area (Å²) in [6.07, 6.45) is -0.368. The number of carbonyl (C=O) groups excluding carboxylic acids is 2. The molecule has 114 valence electrons. The van der Waals surface area contributed by atoms with E-state index in [9.17, 15) is 14.7 Å². The average Bonchev–Trinajstić information content (AvgIpc) is 2.93. The minimum absolute atomic E-state index is 0.151. The first-order valence-corrected chi connectivity index (χ1v) is 8.01. The van der Waals surface area contributed by atoms with Crippen LogP contribution in [0, 0.1) is 6.92 Å². The van der Waals surface area contributed by atoms with Crippen LogP contribution in [-0.2, 0) is 10.4 Å². The van der Waals surface area contributed by atoms with Gasteiger partial charge in [0.25, 0.3) is 5.91 Å². The molecular weight excluding hydrogens is 345 g/mol. The summed E-state index contributed by atoms with van der Waals surface area (Å²) in [6.45, 7) is 1.88. The van der Waals surface area contributed by atoms with Crippen LogP contribution in [-0.4, -0.2) is 16.8 Å². The fourth-order valence-electron chi connectivity index (χ4n) is 2.50. The summed E-state index contributed by atoms with van der Waals surface area (Å²) in [5, 5.41) is 13.8. The van der Waals surface area contributed by atoms with Crippen LogP contribution in [0.3, 0.4) is 0 Å². The number of fused-ring (bicyclic) bond motifs is 1. The summed E-state index contributed by atoms with van der Waals surface area (Å²) >= 11 is 13.3. The van der Waals surface area contributed by atoms with Crippen LogP contribution in [0.1, 0.15) is 26.5 Å². The van der Waals surface area contributed by atoms with Gasteiger partial charge in [0.05, 0.1) is 22.0 Å². The monoisotopic (exact) mass is 355 g/mol. The second-order valence-corrected chi connectivity index (χ2v) is 7.27. The maximum atomic E-state index is 12.4. The Labute approximate surface area is 140 Å². The van der Waals surface area contributed by atoms with Crippen molar-refractivity contribution in [2.24, 2.45) is 0 Å². The van der Waals surface area contributed by atoms with E-state index in [1.807, 2.05) is 13.0 Å². The fraction of sp³-hybridized carbons (Fsp3) is 0.200. The zero-order valence-corrected chi connectivity index (χ0v) is 13.8. The van der Waals surface area contributed by atoms with Crippen LogP contribution in [0.4, 0.5) is 5.69 Å². The van der Waals surface area contributed by atoms with Gasteiger partial charge in [0.15, 0.2) is 11.4 Å². The van der Waals surface area contributed by atoms with E-state index in [4.69, 9.17) is 23.2 Å². The molecule has 2 heterocycles. The third kappa shape index (κ3) is 2.44. The molecule has 0 aliphatic carbocycles. The number of halogens is 2. The van der Waals surface area contributed by atoms with Crippen molar-refractivity contribution < 1.29 is 14.7 Å². The lowest BCUT2D eigenvalue weighted by atomic mass is 9.89. The lowest BCUT2D eigenvalue weighted by Gasteiger charge is -2.20. The van der Waals surface area contributed by atoms with Gasteiger partial charge in [-0.1, -0.05) is 23.2 Å². The zero-order chi connectivity index (χ0) is 16.1. The predicted octanol–water partition coefficient (Wildman–Crippen LogP) is 3.78. The molecule has 0 unspecified atom stereocenters. The number of carbonyl (C=O) groups is 2. The number of rotatable bonds is 3. The van der Waals surface area contributed by atoms with E-state index in [1.54, 1.807) is 6.07 Å². The highest BCUT2D eigenvalue weighted by Gasteiger charge is 2.48. The van der Waals surface area contributed by atoms with Gasteiger partial charge in [0, 0.05) is 15.5 Å². The number of hydrogen-bond donors (Lipinski definition) is 2. The molecule has 22 heavy (non-hydrogen) atoms. The van der Waals surface area contributed by atoms with E-state index in [0.29, 0.717) is 15.6 Å². The molecule has 0 spiro atoms. The third-order valence-electron chi connectivity index (χ3n) is 3.52. The number of nitrogens with one attached hydrogen (secondary N) is 1. The Morgan fingerprint density at radius 1 is 1.36 bits per heavy atom. The number of amides is 1. The van der Waals surface area contributed by atoms with Gasteiger partial charge in [-0.2, -0.15) is 0 Å². The van der Waals surface area contributed by atoms with E-state index in [0.717, 1.165) is 4.88 Å². The van der Waals surface area contributed by atoms with Crippen LogP contribution >= 0.6 is 34.5 Å². The molecule has 4 nitrogen and oxygen atoms in total. The Balaban J connectivity index is 2.00. The number of benzene rings is 1. The maximum absolute atomic E-state index is 12.4. The van der Waals surface area contributed by atoms with Gasteiger partial charge < -0.3 is 10.4 Å². The molecule has 1 aliphatic heterocycles. The molecule has 7 heteroatoms. The molecular formula is C15H11Cl2NO3S. The lowest BCUT2D eigenvalue weighted by molar-refractivity contribution is -0.133. The summed E-state index contributed by atoms with van der Waals surface area (Å²) in [7, 11) is 0. The first kappa shape index (κ1) is 15.5. The molecule has 1 aromatic carbocycles. The van der Waals surface area contributed by atoms with Crippen molar-refractivity contribution in [3.05, 3.63) is 49.6 Å². The quantitative estimate of drug-likeness (QED) is 0.823. The Bertz CT molecular complexity index is 802. The van der Waals surface area contributed by atoms with E-state index in [-0.39, 0.29) is 22.8 Å². The second-order valence-electron chi connectivity index (χ2n) is 5.13. The highest BCUT2D eigenvalue weighted by Crippen LogP contribution is 2.44. The van der Waals surface area contributed by atoms with Gasteiger partial charge in [-0.3, -0.25) is 9.59 Å². The first-order valence-electron chi connectivity index (χ1n) is 6.44. The van der Waals surface area contributed by atoms with Gasteiger partial charge in [-0.15, -0.1) is 11.3 Å². The number of hydrogen-bond acceptors (Lipinski definition) is 4. The van der Waals surface area contributed by atoms with Crippen molar-refractivity contribution in [2.45, 2.75) is 18.9 Å².